The Kier molecular flexibility index (Phi) is 3.50. The zero-order valence-electron chi connectivity index (χ0n) is 14.6. The Morgan fingerprint density at radius 2 is 1.52 bits per heavy atom. The number of phenols is 2. The molecule has 5 rings (SSSR count). The van der Waals surface area contributed by atoms with Crippen molar-refractivity contribution in [3.05, 3.63) is 83.9 Å². The van der Waals surface area contributed by atoms with Crippen LogP contribution in [0.5, 0.6) is 11.5 Å². The molecule has 1 aliphatic carbocycles. The van der Waals surface area contributed by atoms with Crippen LogP contribution in [0, 0.1) is 0 Å². The zero-order valence-corrected chi connectivity index (χ0v) is 14.6. The predicted octanol–water partition coefficient (Wildman–Crippen LogP) is 4.72. The lowest BCUT2D eigenvalue weighted by atomic mass is 9.87. The minimum absolute atomic E-state index is 0.246. The van der Waals surface area contributed by atoms with Crippen molar-refractivity contribution in [3.8, 4) is 39.7 Å². The summed E-state index contributed by atoms with van der Waals surface area (Å²) in [6.07, 6.45) is 1.72. The Morgan fingerprint density at radius 3 is 2.30 bits per heavy atom. The van der Waals surface area contributed by atoms with E-state index >= 15 is 0 Å². The normalized spacial score (nSPS) is 12.4. The third kappa shape index (κ3) is 2.57. The molecule has 1 aromatic heterocycles. The first kappa shape index (κ1) is 15.7. The zero-order chi connectivity index (χ0) is 18.4. The van der Waals surface area contributed by atoms with Crippen LogP contribution in [0.15, 0.2) is 72.8 Å². The first-order chi connectivity index (χ1) is 13.2. The molecule has 0 saturated heterocycles. The Morgan fingerprint density at radius 1 is 0.778 bits per heavy atom. The number of benzene rings is 3. The lowest BCUT2D eigenvalue weighted by Crippen LogP contribution is -2.07. The molecular weight excluding hydrogens is 336 g/mol. The lowest BCUT2D eigenvalue weighted by molar-refractivity contribution is 0.474. The van der Waals surface area contributed by atoms with Crippen LogP contribution in [0.25, 0.3) is 28.2 Å². The monoisotopic (exact) mass is 354 g/mol. The number of para-hydroxylation sites is 1. The summed E-state index contributed by atoms with van der Waals surface area (Å²) in [5.74, 6) is 0.540. The van der Waals surface area contributed by atoms with E-state index in [0.29, 0.717) is 5.75 Å². The van der Waals surface area contributed by atoms with Gasteiger partial charge in [0.15, 0.2) is 0 Å². The topological polar surface area (TPSA) is 58.3 Å². The second-order valence-corrected chi connectivity index (χ2v) is 6.81. The third-order valence-electron chi connectivity index (χ3n) is 5.11. The van der Waals surface area contributed by atoms with Gasteiger partial charge in [0.05, 0.1) is 17.1 Å². The van der Waals surface area contributed by atoms with Gasteiger partial charge in [-0.05, 0) is 73.0 Å². The van der Waals surface area contributed by atoms with E-state index in [2.05, 4.69) is 0 Å². The summed E-state index contributed by atoms with van der Waals surface area (Å²) in [4.78, 5) is 0. The van der Waals surface area contributed by atoms with Crippen molar-refractivity contribution in [1.29, 1.82) is 0 Å². The van der Waals surface area contributed by atoms with Crippen LogP contribution in [0.1, 0.15) is 11.1 Å². The molecule has 27 heavy (non-hydrogen) atoms. The molecule has 0 unspecified atom stereocenters. The fraction of sp³-hybridized carbons (Fsp3) is 0.0870. The number of nitrogens with zero attached hydrogens (tertiary/aromatic N) is 2. The van der Waals surface area contributed by atoms with Gasteiger partial charge in [-0.15, -0.1) is 0 Å². The molecule has 1 aliphatic rings. The highest BCUT2D eigenvalue weighted by Gasteiger charge is 2.26. The summed E-state index contributed by atoms with van der Waals surface area (Å²) in [7, 11) is 0. The maximum absolute atomic E-state index is 9.89. The number of aromatic hydroxyl groups is 2. The molecule has 4 aromatic rings. The van der Waals surface area contributed by atoms with Gasteiger partial charge in [-0.2, -0.15) is 5.10 Å². The summed E-state index contributed by atoms with van der Waals surface area (Å²) in [6.45, 7) is 0. The molecule has 0 bridgehead atoms. The minimum Gasteiger partial charge on any atom is -0.508 e. The molecule has 0 atom stereocenters. The van der Waals surface area contributed by atoms with Gasteiger partial charge in [0.1, 0.15) is 11.5 Å². The number of aryl methyl sites for hydroxylation is 1. The van der Waals surface area contributed by atoms with Gasteiger partial charge in [-0.25, -0.2) is 4.68 Å². The fourth-order valence-electron chi connectivity index (χ4n) is 3.85. The number of hydrogen-bond acceptors (Lipinski definition) is 3. The molecule has 0 fully saturated rings. The van der Waals surface area contributed by atoms with E-state index in [1.807, 2.05) is 59.3 Å². The summed E-state index contributed by atoms with van der Waals surface area (Å²) >= 11 is 0. The van der Waals surface area contributed by atoms with Gasteiger partial charge in [0.25, 0.3) is 0 Å². The van der Waals surface area contributed by atoms with E-state index < -0.39 is 0 Å². The van der Waals surface area contributed by atoms with Gasteiger partial charge < -0.3 is 10.2 Å². The number of phenolic OH excluding ortho intramolecular Hbond substituents is 2. The van der Waals surface area contributed by atoms with E-state index in [1.165, 1.54) is 5.56 Å². The van der Waals surface area contributed by atoms with Crippen LogP contribution in [0.3, 0.4) is 0 Å². The van der Waals surface area contributed by atoms with Gasteiger partial charge in [-0.1, -0.05) is 18.2 Å². The molecule has 3 aromatic carbocycles. The largest absolute Gasteiger partial charge is 0.508 e. The molecule has 0 saturated carbocycles. The van der Waals surface area contributed by atoms with Crippen molar-refractivity contribution in [2.45, 2.75) is 12.8 Å². The summed E-state index contributed by atoms with van der Waals surface area (Å²) in [5.41, 5.74) is 7.44. The Balaban J connectivity index is 1.79. The Bertz CT molecular complexity index is 1130. The number of rotatable bonds is 2. The van der Waals surface area contributed by atoms with Gasteiger partial charge in [-0.3, -0.25) is 0 Å². The van der Waals surface area contributed by atoms with Gasteiger partial charge in [0, 0.05) is 16.7 Å². The minimum atomic E-state index is 0.246. The summed E-state index contributed by atoms with van der Waals surface area (Å²) < 4.78 is 1.99. The highest BCUT2D eigenvalue weighted by molar-refractivity contribution is 5.80. The van der Waals surface area contributed by atoms with E-state index in [4.69, 9.17) is 5.10 Å². The molecule has 132 valence electrons. The Hall–Kier alpha value is -3.53. The van der Waals surface area contributed by atoms with Crippen molar-refractivity contribution >= 4 is 0 Å². The van der Waals surface area contributed by atoms with Crippen LogP contribution < -0.4 is 0 Å². The van der Waals surface area contributed by atoms with Crippen molar-refractivity contribution in [2.24, 2.45) is 0 Å². The highest BCUT2D eigenvalue weighted by atomic mass is 16.3. The maximum Gasteiger partial charge on any atom is 0.115 e. The maximum atomic E-state index is 9.89. The van der Waals surface area contributed by atoms with Gasteiger partial charge in [0.2, 0.25) is 0 Å². The van der Waals surface area contributed by atoms with Crippen LogP contribution in [-0.2, 0) is 12.8 Å². The van der Waals surface area contributed by atoms with Crippen LogP contribution in [0.4, 0.5) is 0 Å². The smallest absolute Gasteiger partial charge is 0.115 e. The first-order valence-electron chi connectivity index (χ1n) is 9.00. The molecular formula is C23H18N2O2. The predicted molar refractivity (Wildman–Crippen MR) is 105 cm³/mol. The molecule has 0 aliphatic heterocycles. The van der Waals surface area contributed by atoms with Crippen LogP contribution >= 0.6 is 0 Å². The van der Waals surface area contributed by atoms with Crippen molar-refractivity contribution < 1.29 is 10.2 Å². The molecule has 1 heterocycles. The summed E-state index contributed by atoms with van der Waals surface area (Å²) in [6, 6.07) is 22.8. The second kappa shape index (κ2) is 6.02. The third-order valence-corrected chi connectivity index (χ3v) is 5.11. The molecule has 2 N–H and O–H groups in total. The molecule has 0 radical (unpaired) electrons. The second-order valence-electron chi connectivity index (χ2n) is 6.81. The average molecular weight is 354 g/mol. The fourth-order valence-corrected chi connectivity index (χ4v) is 3.85. The van der Waals surface area contributed by atoms with Gasteiger partial charge >= 0.3 is 0 Å². The molecule has 4 heteroatoms. The number of hydrogen-bond donors (Lipinski definition) is 2. The number of aromatic nitrogens is 2. The Labute approximate surface area is 157 Å². The molecule has 0 amide bonds. The number of fused-ring (bicyclic) bond motifs is 3. The summed E-state index contributed by atoms with van der Waals surface area (Å²) in [5, 5.41) is 24.5. The lowest BCUT2D eigenvalue weighted by Gasteiger charge is -2.19. The van der Waals surface area contributed by atoms with E-state index in [0.717, 1.165) is 46.6 Å². The van der Waals surface area contributed by atoms with E-state index in [-0.39, 0.29) is 5.75 Å². The van der Waals surface area contributed by atoms with E-state index in [1.54, 1.807) is 18.2 Å². The van der Waals surface area contributed by atoms with Crippen LogP contribution in [0.2, 0.25) is 0 Å². The SMILES string of the molecule is Oc1ccc(-c2nn(-c3ccccc3)c3c2CCc2cc(O)ccc2-3)cc1. The van der Waals surface area contributed by atoms with Crippen molar-refractivity contribution in [3.63, 3.8) is 0 Å². The standard InChI is InChI=1S/C23H18N2O2/c26-18-9-6-15(7-10-18)22-21-12-8-16-14-19(27)11-13-20(16)23(21)25(24-22)17-4-2-1-3-5-17/h1-7,9-11,13-14,26-27H,8,12H2. The first-order valence-corrected chi connectivity index (χ1v) is 9.00. The van der Waals surface area contributed by atoms with E-state index in [9.17, 15) is 10.2 Å². The molecule has 4 nitrogen and oxygen atoms in total. The average Bonchev–Trinajstić information content (AvgIpc) is 3.09. The van der Waals surface area contributed by atoms with Crippen molar-refractivity contribution in [1.82, 2.24) is 9.78 Å². The molecule has 0 spiro atoms. The van der Waals surface area contributed by atoms with Crippen molar-refractivity contribution in [2.75, 3.05) is 0 Å². The quantitative estimate of drug-likeness (QED) is 0.548. The van der Waals surface area contributed by atoms with Crippen LogP contribution in [-0.4, -0.2) is 20.0 Å². The highest BCUT2D eigenvalue weighted by Crippen LogP contribution is 2.41.